The first-order valence-corrected chi connectivity index (χ1v) is 10.2. The van der Waals surface area contributed by atoms with E-state index >= 15 is 0 Å². The third-order valence-electron chi connectivity index (χ3n) is 5.66. The van der Waals surface area contributed by atoms with Gasteiger partial charge in [-0.3, -0.25) is 9.36 Å². The summed E-state index contributed by atoms with van der Waals surface area (Å²) in [5.41, 5.74) is 3.80. The Balaban J connectivity index is 1.55. The van der Waals surface area contributed by atoms with E-state index in [2.05, 4.69) is 27.4 Å². The number of ketones is 1. The molecular weight excluding hydrogens is 370 g/mol. The van der Waals surface area contributed by atoms with Gasteiger partial charge in [-0.1, -0.05) is 18.2 Å². The zero-order valence-electron chi connectivity index (χ0n) is 15.0. The van der Waals surface area contributed by atoms with Crippen LogP contribution >= 0.6 is 11.3 Å². The SMILES string of the molecule is O=C1C[C@@H](c2ccco2)CC2=C1[C@@H](c1cccs1)n1c(nc3ccccc31)N2. The van der Waals surface area contributed by atoms with Crippen LogP contribution < -0.4 is 5.32 Å². The van der Waals surface area contributed by atoms with Crippen LogP contribution in [0.1, 0.15) is 35.4 Å². The molecule has 0 fully saturated rings. The van der Waals surface area contributed by atoms with E-state index in [1.54, 1.807) is 17.6 Å². The van der Waals surface area contributed by atoms with Crippen molar-refractivity contribution in [2.45, 2.75) is 24.8 Å². The van der Waals surface area contributed by atoms with Crippen molar-refractivity contribution >= 4 is 34.1 Å². The van der Waals surface area contributed by atoms with Gasteiger partial charge in [-0.2, -0.15) is 0 Å². The topological polar surface area (TPSA) is 60.1 Å². The second kappa shape index (κ2) is 5.94. The lowest BCUT2D eigenvalue weighted by atomic mass is 9.80. The minimum absolute atomic E-state index is 0.0636. The van der Waals surface area contributed by atoms with Crippen molar-refractivity contribution in [2.75, 3.05) is 5.32 Å². The molecule has 0 saturated carbocycles. The van der Waals surface area contributed by atoms with Gasteiger partial charge in [0.1, 0.15) is 11.8 Å². The number of allylic oxidation sites excluding steroid dienone is 2. The fraction of sp³-hybridized carbons (Fsp3) is 0.182. The molecule has 0 radical (unpaired) electrons. The molecule has 28 heavy (non-hydrogen) atoms. The smallest absolute Gasteiger partial charge is 0.209 e. The summed E-state index contributed by atoms with van der Waals surface area (Å²) in [6, 6.07) is 15.9. The predicted molar refractivity (Wildman–Crippen MR) is 109 cm³/mol. The van der Waals surface area contributed by atoms with E-state index in [-0.39, 0.29) is 17.7 Å². The average Bonchev–Trinajstić information content (AvgIpc) is 3.46. The van der Waals surface area contributed by atoms with E-state index in [1.807, 2.05) is 36.4 Å². The number of para-hydroxylation sites is 2. The number of fused-ring (bicyclic) bond motifs is 3. The number of anilines is 1. The lowest BCUT2D eigenvalue weighted by Crippen LogP contribution is -2.32. The molecule has 1 N–H and O–H groups in total. The molecule has 1 aliphatic carbocycles. The Kier molecular flexibility index (Phi) is 3.37. The highest BCUT2D eigenvalue weighted by molar-refractivity contribution is 7.10. The number of benzene rings is 1. The first kappa shape index (κ1) is 15.9. The van der Waals surface area contributed by atoms with Crippen molar-refractivity contribution in [1.82, 2.24) is 9.55 Å². The molecule has 2 aliphatic rings. The summed E-state index contributed by atoms with van der Waals surface area (Å²) in [5.74, 6) is 1.91. The molecule has 4 heterocycles. The number of carbonyl (C=O) groups excluding carboxylic acids is 1. The second-order valence-corrected chi connectivity index (χ2v) is 8.25. The van der Waals surface area contributed by atoms with E-state index in [0.29, 0.717) is 6.42 Å². The Morgan fingerprint density at radius 1 is 1.11 bits per heavy atom. The quantitative estimate of drug-likeness (QED) is 0.519. The molecule has 5 nitrogen and oxygen atoms in total. The highest BCUT2D eigenvalue weighted by atomic mass is 32.1. The molecule has 1 aliphatic heterocycles. The van der Waals surface area contributed by atoms with Gasteiger partial charge in [-0.05, 0) is 42.1 Å². The molecular formula is C22H17N3O2S. The van der Waals surface area contributed by atoms with Gasteiger partial charge in [0, 0.05) is 28.5 Å². The van der Waals surface area contributed by atoms with Crippen LogP contribution in [0.2, 0.25) is 0 Å². The summed E-state index contributed by atoms with van der Waals surface area (Å²) in [5, 5.41) is 5.54. The van der Waals surface area contributed by atoms with Crippen molar-refractivity contribution < 1.29 is 9.21 Å². The van der Waals surface area contributed by atoms with Crippen LogP contribution in [-0.4, -0.2) is 15.3 Å². The van der Waals surface area contributed by atoms with E-state index in [1.165, 1.54) is 0 Å². The van der Waals surface area contributed by atoms with Crippen molar-refractivity contribution in [3.63, 3.8) is 0 Å². The minimum atomic E-state index is -0.135. The Bertz CT molecular complexity index is 1220. The van der Waals surface area contributed by atoms with Crippen LogP contribution in [0.15, 0.2) is 75.9 Å². The van der Waals surface area contributed by atoms with Crippen LogP contribution in [0.3, 0.4) is 0 Å². The minimum Gasteiger partial charge on any atom is -0.469 e. The van der Waals surface area contributed by atoms with Gasteiger partial charge in [0.2, 0.25) is 5.95 Å². The highest BCUT2D eigenvalue weighted by Crippen LogP contribution is 2.46. The zero-order valence-corrected chi connectivity index (χ0v) is 15.8. The number of furan rings is 1. The molecule has 6 rings (SSSR count). The molecule has 3 aromatic heterocycles. The van der Waals surface area contributed by atoms with Gasteiger partial charge in [0.15, 0.2) is 5.78 Å². The summed E-state index contributed by atoms with van der Waals surface area (Å²) in [6.07, 6.45) is 2.89. The lowest BCUT2D eigenvalue weighted by Gasteiger charge is -2.35. The molecule has 4 aromatic rings. The average molecular weight is 387 g/mol. The maximum atomic E-state index is 13.3. The Morgan fingerprint density at radius 2 is 2.04 bits per heavy atom. The van der Waals surface area contributed by atoms with Crippen LogP contribution in [-0.2, 0) is 4.79 Å². The lowest BCUT2D eigenvalue weighted by molar-refractivity contribution is -0.116. The van der Waals surface area contributed by atoms with E-state index in [0.717, 1.165) is 45.3 Å². The number of Topliss-reactive ketones (excluding diaryl/α,β-unsaturated/α-hetero) is 1. The van der Waals surface area contributed by atoms with Crippen LogP contribution in [0.25, 0.3) is 11.0 Å². The van der Waals surface area contributed by atoms with E-state index in [9.17, 15) is 4.79 Å². The number of nitrogens with zero attached hydrogens (tertiary/aromatic N) is 2. The number of carbonyl (C=O) groups is 1. The third-order valence-corrected chi connectivity index (χ3v) is 6.58. The molecule has 0 saturated heterocycles. The predicted octanol–water partition coefficient (Wildman–Crippen LogP) is 5.11. The molecule has 0 unspecified atom stereocenters. The van der Waals surface area contributed by atoms with Gasteiger partial charge in [-0.25, -0.2) is 4.98 Å². The molecule has 6 heteroatoms. The first-order valence-electron chi connectivity index (χ1n) is 9.36. The van der Waals surface area contributed by atoms with E-state index < -0.39 is 0 Å². The van der Waals surface area contributed by atoms with Gasteiger partial charge in [0.05, 0.1) is 17.3 Å². The van der Waals surface area contributed by atoms with Crippen molar-refractivity contribution in [2.24, 2.45) is 0 Å². The summed E-state index contributed by atoms with van der Waals surface area (Å²) in [4.78, 5) is 19.3. The summed E-state index contributed by atoms with van der Waals surface area (Å²) >= 11 is 1.68. The van der Waals surface area contributed by atoms with Crippen molar-refractivity contribution in [3.05, 3.63) is 82.1 Å². The number of hydrogen-bond acceptors (Lipinski definition) is 5. The number of nitrogens with one attached hydrogen (secondary N) is 1. The fourth-order valence-corrected chi connectivity index (χ4v) is 5.29. The number of thiophene rings is 1. The van der Waals surface area contributed by atoms with Gasteiger partial charge in [-0.15, -0.1) is 11.3 Å². The Labute approximate surface area is 165 Å². The van der Waals surface area contributed by atoms with Crippen LogP contribution in [0, 0.1) is 0 Å². The highest BCUT2D eigenvalue weighted by Gasteiger charge is 2.40. The molecule has 0 amide bonds. The molecule has 0 bridgehead atoms. The van der Waals surface area contributed by atoms with Crippen molar-refractivity contribution in [3.8, 4) is 0 Å². The van der Waals surface area contributed by atoms with E-state index in [4.69, 9.17) is 9.40 Å². The normalized spacial score (nSPS) is 21.5. The van der Waals surface area contributed by atoms with Gasteiger partial charge < -0.3 is 9.73 Å². The fourth-order valence-electron chi connectivity index (χ4n) is 4.47. The number of aromatic nitrogens is 2. The molecule has 138 valence electrons. The summed E-state index contributed by atoms with van der Waals surface area (Å²) in [7, 11) is 0. The van der Waals surface area contributed by atoms with Crippen LogP contribution in [0.4, 0.5) is 5.95 Å². The maximum absolute atomic E-state index is 13.3. The Morgan fingerprint density at radius 3 is 2.86 bits per heavy atom. The van der Waals surface area contributed by atoms with Crippen LogP contribution in [0.5, 0.6) is 0 Å². The van der Waals surface area contributed by atoms with Gasteiger partial charge in [0.25, 0.3) is 0 Å². The summed E-state index contributed by atoms with van der Waals surface area (Å²) < 4.78 is 7.77. The Hall–Kier alpha value is -3.12. The van der Waals surface area contributed by atoms with Gasteiger partial charge >= 0.3 is 0 Å². The molecule has 1 aromatic carbocycles. The number of imidazole rings is 1. The second-order valence-electron chi connectivity index (χ2n) is 7.27. The monoisotopic (exact) mass is 387 g/mol. The summed E-state index contributed by atoms with van der Waals surface area (Å²) in [6.45, 7) is 0. The largest absolute Gasteiger partial charge is 0.469 e. The zero-order chi connectivity index (χ0) is 18.7. The standard InChI is InChI=1S/C22H17N3O2S/c26-17-12-13(18-7-3-9-27-18)11-15-20(17)21(19-8-4-10-28-19)25-16-6-2-1-5-14(16)23-22(25)24-15/h1-10,13,21H,11-12H2,(H,23,24)/t13-,21+/m0/s1. The number of hydrogen-bond donors (Lipinski definition) is 1. The molecule has 0 spiro atoms. The molecule has 2 atom stereocenters. The third kappa shape index (κ3) is 2.24. The first-order chi connectivity index (χ1) is 13.8. The maximum Gasteiger partial charge on any atom is 0.209 e. The number of rotatable bonds is 2. The van der Waals surface area contributed by atoms with Crippen molar-refractivity contribution in [1.29, 1.82) is 0 Å².